The second-order valence-electron chi connectivity index (χ2n) is 3.98. The fourth-order valence-electron chi connectivity index (χ4n) is 2.18. The molecule has 0 bridgehead atoms. The first-order valence-corrected chi connectivity index (χ1v) is 5.56. The van der Waals surface area contributed by atoms with Crippen molar-refractivity contribution in [3.63, 3.8) is 0 Å². The maximum absolute atomic E-state index is 4.09. The van der Waals surface area contributed by atoms with Crippen LogP contribution in [0.4, 0.5) is 0 Å². The number of benzene rings is 1. The first kappa shape index (κ1) is 9.90. The van der Waals surface area contributed by atoms with Crippen LogP contribution in [0.1, 0.15) is 11.6 Å². The third kappa shape index (κ3) is 1.56. The van der Waals surface area contributed by atoms with Crippen LogP contribution in [0.25, 0.3) is 10.9 Å². The Morgan fingerprint density at radius 3 is 3.00 bits per heavy atom. The molecule has 0 saturated carbocycles. The molecule has 1 N–H and O–H groups in total. The molecule has 0 radical (unpaired) electrons. The van der Waals surface area contributed by atoms with Crippen molar-refractivity contribution in [2.24, 2.45) is 0 Å². The van der Waals surface area contributed by atoms with E-state index in [9.17, 15) is 0 Å². The van der Waals surface area contributed by atoms with Gasteiger partial charge in [-0.25, -0.2) is 4.98 Å². The van der Waals surface area contributed by atoms with Crippen LogP contribution in [0.5, 0.6) is 0 Å². The summed E-state index contributed by atoms with van der Waals surface area (Å²) in [5.74, 6) is 0. The molecule has 2 heterocycles. The highest BCUT2D eigenvalue weighted by Gasteiger charge is 2.13. The van der Waals surface area contributed by atoms with Gasteiger partial charge < -0.3 is 9.55 Å². The summed E-state index contributed by atoms with van der Waals surface area (Å²) in [6.45, 7) is 3.92. The predicted molar refractivity (Wildman–Crippen MR) is 68.9 cm³/mol. The van der Waals surface area contributed by atoms with E-state index in [1.54, 1.807) is 6.20 Å². The zero-order valence-corrected chi connectivity index (χ0v) is 9.38. The Kier molecular flexibility index (Phi) is 2.29. The van der Waals surface area contributed by atoms with Gasteiger partial charge in [0, 0.05) is 35.1 Å². The summed E-state index contributed by atoms with van der Waals surface area (Å²) >= 11 is 0. The molecule has 0 saturated heterocycles. The highest BCUT2D eigenvalue weighted by molar-refractivity contribution is 5.83. The molecule has 17 heavy (non-hydrogen) atoms. The largest absolute Gasteiger partial charge is 0.361 e. The van der Waals surface area contributed by atoms with E-state index in [4.69, 9.17) is 0 Å². The SMILES string of the molecule is C=CC(c1c[nH]c2ccccc12)n1ccnc1. The summed E-state index contributed by atoms with van der Waals surface area (Å²) in [4.78, 5) is 7.37. The lowest BCUT2D eigenvalue weighted by molar-refractivity contribution is 0.705. The van der Waals surface area contributed by atoms with Crippen molar-refractivity contribution in [2.75, 3.05) is 0 Å². The lowest BCUT2D eigenvalue weighted by Gasteiger charge is -2.13. The van der Waals surface area contributed by atoms with Gasteiger partial charge in [-0.1, -0.05) is 24.3 Å². The van der Waals surface area contributed by atoms with Crippen molar-refractivity contribution >= 4 is 10.9 Å². The van der Waals surface area contributed by atoms with Crippen LogP contribution in [0, 0.1) is 0 Å². The zero-order chi connectivity index (χ0) is 11.7. The van der Waals surface area contributed by atoms with E-state index in [0.717, 1.165) is 5.52 Å². The number of nitrogens with one attached hydrogen (secondary N) is 1. The molecule has 0 aliphatic carbocycles. The standard InChI is InChI=1S/C14H13N3/c1-2-14(17-8-7-15-10-17)12-9-16-13-6-4-3-5-11(12)13/h2-10,14,16H,1H2. The number of aromatic amines is 1. The Bertz CT molecular complexity index is 634. The van der Waals surface area contributed by atoms with Crippen molar-refractivity contribution in [1.82, 2.24) is 14.5 Å². The smallest absolute Gasteiger partial charge is 0.0954 e. The summed E-state index contributed by atoms with van der Waals surface area (Å²) in [6.07, 6.45) is 9.52. The van der Waals surface area contributed by atoms with Gasteiger partial charge in [-0.15, -0.1) is 6.58 Å². The van der Waals surface area contributed by atoms with E-state index < -0.39 is 0 Å². The number of para-hydroxylation sites is 1. The highest BCUT2D eigenvalue weighted by atomic mass is 15.0. The van der Waals surface area contributed by atoms with Crippen molar-refractivity contribution in [3.8, 4) is 0 Å². The third-order valence-electron chi connectivity index (χ3n) is 3.01. The molecule has 84 valence electrons. The predicted octanol–water partition coefficient (Wildman–Crippen LogP) is 3.14. The van der Waals surface area contributed by atoms with E-state index in [0.29, 0.717) is 0 Å². The topological polar surface area (TPSA) is 33.6 Å². The summed E-state index contributed by atoms with van der Waals surface area (Å²) in [5, 5.41) is 1.23. The first-order chi connectivity index (χ1) is 8.40. The molecule has 0 amide bonds. The van der Waals surface area contributed by atoms with Crippen LogP contribution in [-0.2, 0) is 0 Å². The quantitative estimate of drug-likeness (QED) is 0.680. The van der Waals surface area contributed by atoms with Gasteiger partial charge in [-0.3, -0.25) is 0 Å². The zero-order valence-electron chi connectivity index (χ0n) is 9.38. The Morgan fingerprint density at radius 2 is 2.24 bits per heavy atom. The summed E-state index contributed by atoms with van der Waals surface area (Å²) in [5.41, 5.74) is 2.36. The molecular weight excluding hydrogens is 210 g/mol. The van der Waals surface area contributed by atoms with Gasteiger partial charge in [0.15, 0.2) is 0 Å². The fraction of sp³-hybridized carbons (Fsp3) is 0.0714. The average Bonchev–Trinajstić information content (AvgIpc) is 3.01. The second-order valence-corrected chi connectivity index (χ2v) is 3.98. The van der Waals surface area contributed by atoms with Crippen molar-refractivity contribution in [3.05, 3.63) is 67.4 Å². The molecule has 2 aromatic heterocycles. The van der Waals surface area contributed by atoms with Crippen LogP contribution in [0.2, 0.25) is 0 Å². The maximum atomic E-state index is 4.09. The molecule has 3 heteroatoms. The Hall–Kier alpha value is -2.29. The molecule has 1 atom stereocenters. The molecule has 3 nitrogen and oxygen atoms in total. The van der Waals surface area contributed by atoms with Crippen molar-refractivity contribution < 1.29 is 0 Å². The van der Waals surface area contributed by atoms with Crippen LogP contribution in [0.15, 0.2) is 61.8 Å². The normalized spacial score (nSPS) is 12.7. The lowest BCUT2D eigenvalue weighted by atomic mass is 10.1. The second kappa shape index (κ2) is 3.94. The number of H-pyrrole nitrogens is 1. The van der Waals surface area contributed by atoms with Gasteiger partial charge >= 0.3 is 0 Å². The van der Waals surface area contributed by atoms with Gasteiger partial charge in [0.05, 0.1) is 12.4 Å². The Labute approximate surface area is 99.4 Å². The molecule has 3 aromatic rings. The minimum Gasteiger partial charge on any atom is -0.361 e. The van der Waals surface area contributed by atoms with Crippen LogP contribution >= 0.6 is 0 Å². The average molecular weight is 223 g/mol. The Balaban J connectivity index is 2.17. The van der Waals surface area contributed by atoms with E-state index in [1.807, 2.05) is 41.5 Å². The van der Waals surface area contributed by atoms with Crippen molar-refractivity contribution in [2.45, 2.75) is 6.04 Å². The van der Waals surface area contributed by atoms with Crippen LogP contribution in [0.3, 0.4) is 0 Å². The molecule has 3 rings (SSSR count). The minimum absolute atomic E-state index is 0.119. The number of aromatic nitrogens is 3. The Morgan fingerprint density at radius 1 is 1.35 bits per heavy atom. The van der Waals surface area contributed by atoms with Gasteiger partial charge in [-0.2, -0.15) is 0 Å². The molecule has 1 unspecified atom stereocenters. The monoisotopic (exact) mass is 223 g/mol. The van der Waals surface area contributed by atoms with E-state index in [2.05, 4.69) is 28.7 Å². The van der Waals surface area contributed by atoms with E-state index in [1.165, 1.54) is 10.9 Å². The van der Waals surface area contributed by atoms with E-state index in [-0.39, 0.29) is 6.04 Å². The highest BCUT2D eigenvalue weighted by Crippen LogP contribution is 2.27. The molecule has 0 aliphatic heterocycles. The number of hydrogen-bond acceptors (Lipinski definition) is 1. The van der Waals surface area contributed by atoms with Crippen LogP contribution in [-0.4, -0.2) is 14.5 Å². The van der Waals surface area contributed by atoms with Gasteiger partial charge in [0.1, 0.15) is 0 Å². The molecule has 0 fully saturated rings. The number of hydrogen-bond donors (Lipinski definition) is 1. The number of imidazole rings is 1. The fourth-order valence-corrected chi connectivity index (χ4v) is 2.18. The molecular formula is C14H13N3. The number of fused-ring (bicyclic) bond motifs is 1. The maximum Gasteiger partial charge on any atom is 0.0954 e. The summed E-state index contributed by atoms with van der Waals surface area (Å²) in [7, 11) is 0. The van der Waals surface area contributed by atoms with Crippen molar-refractivity contribution in [1.29, 1.82) is 0 Å². The third-order valence-corrected chi connectivity index (χ3v) is 3.01. The summed E-state index contributed by atoms with van der Waals surface area (Å²) in [6, 6.07) is 8.39. The number of nitrogens with zero attached hydrogens (tertiary/aromatic N) is 2. The first-order valence-electron chi connectivity index (χ1n) is 5.56. The molecule has 0 aliphatic rings. The van der Waals surface area contributed by atoms with Gasteiger partial charge in [0.2, 0.25) is 0 Å². The lowest BCUT2D eigenvalue weighted by Crippen LogP contribution is -2.04. The number of rotatable bonds is 3. The molecule has 0 spiro atoms. The van der Waals surface area contributed by atoms with Crippen LogP contribution < -0.4 is 0 Å². The van der Waals surface area contributed by atoms with E-state index >= 15 is 0 Å². The number of allylic oxidation sites excluding steroid dienone is 1. The summed E-state index contributed by atoms with van der Waals surface area (Å²) < 4.78 is 2.04. The van der Waals surface area contributed by atoms with Gasteiger partial charge in [0.25, 0.3) is 0 Å². The molecule has 1 aromatic carbocycles. The van der Waals surface area contributed by atoms with Gasteiger partial charge in [-0.05, 0) is 6.07 Å². The minimum atomic E-state index is 0.119.